The maximum absolute atomic E-state index is 12.1. The number of amides is 1. The van der Waals surface area contributed by atoms with E-state index in [0.717, 1.165) is 23.4 Å². The minimum atomic E-state index is -0.0143. The van der Waals surface area contributed by atoms with Crippen LogP contribution in [-0.2, 0) is 0 Å². The van der Waals surface area contributed by atoms with Crippen LogP contribution in [0.5, 0.6) is 0 Å². The number of carbonyl (C=O) groups excluding carboxylic acids is 1. The molecule has 0 bridgehead atoms. The molecule has 110 valence electrons. The summed E-state index contributed by atoms with van der Waals surface area (Å²) in [6.45, 7) is 5.47. The van der Waals surface area contributed by atoms with Crippen LogP contribution in [-0.4, -0.2) is 26.0 Å². The van der Waals surface area contributed by atoms with E-state index in [4.69, 9.17) is 0 Å². The zero-order valence-corrected chi connectivity index (χ0v) is 12.9. The van der Waals surface area contributed by atoms with E-state index in [9.17, 15) is 4.79 Å². The molecule has 3 heteroatoms. The molecular weight excluding hydrogens is 260 g/mol. The zero-order valence-electron chi connectivity index (χ0n) is 12.9. The summed E-state index contributed by atoms with van der Waals surface area (Å²) < 4.78 is 0. The summed E-state index contributed by atoms with van der Waals surface area (Å²) >= 11 is 0. The highest BCUT2D eigenvalue weighted by Crippen LogP contribution is 2.11. The van der Waals surface area contributed by atoms with Crippen molar-refractivity contribution in [3.05, 3.63) is 65.2 Å². The number of carbonyl (C=O) groups is 1. The predicted octanol–water partition coefficient (Wildman–Crippen LogP) is 3.17. The average molecular weight is 282 g/mol. The molecule has 0 aliphatic heterocycles. The van der Waals surface area contributed by atoms with Gasteiger partial charge in [-0.1, -0.05) is 24.3 Å². The second-order valence-corrected chi connectivity index (χ2v) is 5.31. The Balaban J connectivity index is 1.85. The molecule has 2 aromatic carbocycles. The van der Waals surface area contributed by atoms with Crippen molar-refractivity contribution in [2.24, 2.45) is 0 Å². The molecule has 2 aromatic rings. The van der Waals surface area contributed by atoms with E-state index in [1.165, 1.54) is 5.56 Å². The van der Waals surface area contributed by atoms with Crippen molar-refractivity contribution in [2.45, 2.75) is 13.8 Å². The smallest absolute Gasteiger partial charge is 0.251 e. The summed E-state index contributed by atoms with van der Waals surface area (Å²) in [5, 5.41) is 2.97. The average Bonchev–Trinajstić information content (AvgIpc) is 2.50. The maximum atomic E-state index is 12.1. The molecule has 0 saturated carbocycles. The summed E-state index contributed by atoms with van der Waals surface area (Å²) in [5.74, 6) is -0.0143. The fourth-order valence-corrected chi connectivity index (χ4v) is 2.13. The van der Waals surface area contributed by atoms with Gasteiger partial charge in [0.15, 0.2) is 0 Å². The van der Waals surface area contributed by atoms with Gasteiger partial charge in [0.1, 0.15) is 0 Å². The van der Waals surface area contributed by atoms with Gasteiger partial charge in [0, 0.05) is 31.4 Å². The van der Waals surface area contributed by atoms with Crippen LogP contribution in [0.25, 0.3) is 0 Å². The van der Waals surface area contributed by atoms with E-state index in [0.29, 0.717) is 6.54 Å². The third-order valence-corrected chi connectivity index (χ3v) is 3.70. The van der Waals surface area contributed by atoms with Gasteiger partial charge in [-0.05, 0) is 49.2 Å². The molecule has 21 heavy (non-hydrogen) atoms. The molecule has 2 rings (SSSR count). The first-order valence-electron chi connectivity index (χ1n) is 7.19. The van der Waals surface area contributed by atoms with Gasteiger partial charge in [0.25, 0.3) is 5.91 Å². The van der Waals surface area contributed by atoms with Crippen molar-refractivity contribution in [1.29, 1.82) is 0 Å². The Labute approximate surface area is 126 Å². The normalized spacial score (nSPS) is 10.2. The van der Waals surface area contributed by atoms with E-state index in [1.54, 1.807) is 0 Å². The van der Waals surface area contributed by atoms with Gasteiger partial charge in [0.05, 0.1) is 0 Å². The van der Waals surface area contributed by atoms with E-state index in [2.05, 4.69) is 22.3 Å². The molecule has 1 amide bonds. The monoisotopic (exact) mass is 282 g/mol. The van der Waals surface area contributed by atoms with Gasteiger partial charge in [-0.3, -0.25) is 4.79 Å². The molecule has 0 aliphatic rings. The lowest BCUT2D eigenvalue weighted by Crippen LogP contribution is -2.33. The van der Waals surface area contributed by atoms with Crippen LogP contribution in [0.1, 0.15) is 21.5 Å². The number of benzene rings is 2. The van der Waals surface area contributed by atoms with Crippen LogP contribution in [0.3, 0.4) is 0 Å². The molecule has 3 nitrogen and oxygen atoms in total. The molecule has 0 saturated heterocycles. The topological polar surface area (TPSA) is 32.3 Å². The number of rotatable bonds is 5. The molecule has 0 heterocycles. The lowest BCUT2D eigenvalue weighted by molar-refractivity contribution is 0.0954. The lowest BCUT2D eigenvalue weighted by Gasteiger charge is -2.19. The van der Waals surface area contributed by atoms with Crippen molar-refractivity contribution >= 4 is 11.6 Å². The highest BCUT2D eigenvalue weighted by molar-refractivity contribution is 5.94. The Morgan fingerprint density at radius 2 is 1.76 bits per heavy atom. The highest BCUT2D eigenvalue weighted by atomic mass is 16.1. The van der Waals surface area contributed by atoms with Crippen molar-refractivity contribution in [3.8, 4) is 0 Å². The molecule has 0 aliphatic carbocycles. The Bertz CT molecular complexity index is 608. The van der Waals surface area contributed by atoms with Gasteiger partial charge >= 0.3 is 0 Å². The molecular formula is C18H22N2O. The number of nitrogens with zero attached hydrogens (tertiary/aromatic N) is 1. The van der Waals surface area contributed by atoms with Gasteiger partial charge < -0.3 is 10.2 Å². The summed E-state index contributed by atoms with van der Waals surface area (Å²) in [6, 6.07) is 15.9. The molecule has 1 N–H and O–H groups in total. The first-order chi connectivity index (χ1) is 10.1. The second-order valence-electron chi connectivity index (χ2n) is 5.31. The number of hydrogen-bond donors (Lipinski definition) is 1. The van der Waals surface area contributed by atoms with Crippen molar-refractivity contribution in [1.82, 2.24) is 5.32 Å². The van der Waals surface area contributed by atoms with Gasteiger partial charge in [0.2, 0.25) is 0 Å². The molecule has 0 spiro atoms. The Hall–Kier alpha value is -2.29. The second kappa shape index (κ2) is 6.93. The molecule has 0 atom stereocenters. The number of nitrogens with one attached hydrogen (secondary N) is 1. The lowest BCUT2D eigenvalue weighted by atomic mass is 10.1. The van der Waals surface area contributed by atoms with Crippen LogP contribution in [0.15, 0.2) is 48.5 Å². The van der Waals surface area contributed by atoms with E-state index >= 15 is 0 Å². The van der Waals surface area contributed by atoms with Crippen LogP contribution >= 0.6 is 0 Å². The zero-order chi connectivity index (χ0) is 15.2. The largest absolute Gasteiger partial charge is 0.373 e. The number of likely N-dealkylation sites (N-methyl/N-ethyl adjacent to an activating group) is 1. The molecule has 0 unspecified atom stereocenters. The summed E-state index contributed by atoms with van der Waals surface area (Å²) in [4.78, 5) is 14.2. The Kier molecular flexibility index (Phi) is 4.99. The van der Waals surface area contributed by atoms with Crippen LogP contribution in [0, 0.1) is 13.8 Å². The van der Waals surface area contributed by atoms with Gasteiger partial charge in [-0.2, -0.15) is 0 Å². The standard InChI is InChI=1S/C18H22N2O/c1-14-9-10-16(13-15(14)2)18(21)19-11-12-20(3)17-7-5-4-6-8-17/h4-10,13H,11-12H2,1-3H3,(H,19,21). The molecule has 0 fully saturated rings. The van der Waals surface area contributed by atoms with Crippen molar-refractivity contribution < 1.29 is 4.79 Å². The maximum Gasteiger partial charge on any atom is 0.251 e. The summed E-state index contributed by atoms with van der Waals surface area (Å²) in [6.07, 6.45) is 0. The minimum Gasteiger partial charge on any atom is -0.373 e. The number of anilines is 1. The molecule has 0 aromatic heterocycles. The van der Waals surface area contributed by atoms with Gasteiger partial charge in [-0.25, -0.2) is 0 Å². The Morgan fingerprint density at radius 1 is 1.05 bits per heavy atom. The third-order valence-electron chi connectivity index (χ3n) is 3.70. The molecule has 0 radical (unpaired) electrons. The fraction of sp³-hybridized carbons (Fsp3) is 0.278. The van der Waals surface area contributed by atoms with Crippen molar-refractivity contribution in [2.75, 3.05) is 25.0 Å². The van der Waals surface area contributed by atoms with Gasteiger partial charge in [-0.15, -0.1) is 0 Å². The van der Waals surface area contributed by atoms with E-state index in [-0.39, 0.29) is 5.91 Å². The highest BCUT2D eigenvalue weighted by Gasteiger charge is 2.06. The fourth-order valence-electron chi connectivity index (χ4n) is 2.13. The first-order valence-corrected chi connectivity index (χ1v) is 7.19. The quantitative estimate of drug-likeness (QED) is 0.913. The number of aryl methyl sites for hydroxylation is 2. The number of hydrogen-bond acceptors (Lipinski definition) is 2. The predicted molar refractivity (Wildman–Crippen MR) is 88.0 cm³/mol. The van der Waals surface area contributed by atoms with Crippen LogP contribution < -0.4 is 10.2 Å². The Morgan fingerprint density at radius 3 is 2.43 bits per heavy atom. The van der Waals surface area contributed by atoms with Crippen molar-refractivity contribution in [3.63, 3.8) is 0 Å². The summed E-state index contributed by atoms with van der Waals surface area (Å²) in [7, 11) is 2.03. The SMILES string of the molecule is Cc1ccc(C(=O)NCCN(C)c2ccccc2)cc1C. The van der Waals surface area contributed by atoms with Crippen LogP contribution in [0.4, 0.5) is 5.69 Å². The minimum absolute atomic E-state index is 0.0143. The van der Waals surface area contributed by atoms with E-state index < -0.39 is 0 Å². The van der Waals surface area contributed by atoms with E-state index in [1.807, 2.05) is 57.3 Å². The first kappa shape index (κ1) is 15.1. The number of para-hydroxylation sites is 1. The van der Waals surface area contributed by atoms with Crippen LogP contribution in [0.2, 0.25) is 0 Å². The summed E-state index contributed by atoms with van der Waals surface area (Å²) in [5.41, 5.74) is 4.22. The third kappa shape index (κ3) is 4.09.